The number of nitrogens with zero attached hydrogens (tertiary/aromatic N) is 2. The van der Waals surface area contributed by atoms with E-state index in [2.05, 4.69) is 18.1 Å². The van der Waals surface area contributed by atoms with Crippen LogP contribution in [0, 0.1) is 6.92 Å². The first-order valence-corrected chi connectivity index (χ1v) is 5.28. The van der Waals surface area contributed by atoms with E-state index in [1.807, 2.05) is 11.7 Å². The normalized spacial score (nSPS) is 19.2. The highest BCUT2D eigenvalue weighted by molar-refractivity contribution is 5.13. The average Bonchev–Trinajstić information content (AvgIpc) is 2.49. The third kappa shape index (κ3) is 1.77. The highest BCUT2D eigenvalue weighted by Crippen LogP contribution is 2.31. The van der Waals surface area contributed by atoms with Crippen molar-refractivity contribution in [3.8, 4) is 0 Å². The van der Waals surface area contributed by atoms with Crippen molar-refractivity contribution in [2.45, 2.75) is 44.9 Å². The first-order valence-electron chi connectivity index (χ1n) is 5.28. The topological polar surface area (TPSA) is 17.8 Å². The molecule has 0 amide bonds. The third-order valence-corrected chi connectivity index (χ3v) is 3.16. The van der Waals surface area contributed by atoms with Crippen molar-refractivity contribution in [2.75, 3.05) is 0 Å². The standard InChI is InChI=1S/C11H18N2/c1-9-8-11(12-13(9)2)10-6-4-3-5-7-10/h8,10H,3-7H2,1-2H3. The molecule has 0 aromatic carbocycles. The number of hydrogen-bond acceptors (Lipinski definition) is 1. The molecule has 2 rings (SSSR count). The van der Waals surface area contributed by atoms with Gasteiger partial charge in [0.15, 0.2) is 0 Å². The monoisotopic (exact) mass is 178 g/mol. The molecule has 0 bridgehead atoms. The van der Waals surface area contributed by atoms with Crippen LogP contribution in [-0.2, 0) is 7.05 Å². The Labute approximate surface area is 80.0 Å². The van der Waals surface area contributed by atoms with Gasteiger partial charge in [-0.2, -0.15) is 5.10 Å². The molecule has 1 heterocycles. The first kappa shape index (κ1) is 8.79. The van der Waals surface area contributed by atoms with E-state index in [1.165, 1.54) is 43.5 Å². The number of hydrogen-bond donors (Lipinski definition) is 0. The van der Waals surface area contributed by atoms with Gasteiger partial charge in [0.05, 0.1) is 5.69 Å². The third-order valence-electron chi connectivity index (χ3n) is 3.16. The predicted molar refractivity (Wildman–Crippen MR) is 53.8 cm³/mol. The Morgan fingerprint density at radius 1 is 1.31 bits per heavy atom. The van der Waals surface area contributed by atoms with Gasteiger partial charge in [-0.05, 0) is 25.8 Å². The first-order chi connectivity index (χ1) is 6.27. The van der Waals surface area contributed by atoms with Gasteiger partial charge in [0.2, 0.25) is 0 Å². The van der Waals surface area contributed by atoms with E-state index < -0.39 is 0 Å². The van der Waals surface area contributed by atoms with Crippen molar-refractivity contribution in [2.24, 2.45) is 7.05 Å². The zero-order valence-electron chi connectivity index (χ0n) is 8.58. The molecular weight excluding hydrogens is 160 g/mol. The summed E-state index contributed by atoms with van der Waals surface area (Å²) in [6.07, 6.45) is 6.88. The number of aromatic nitrogens is 2. The van der Waals surface area contributed by atoms with Gasteiger partial charge >= 0.3 is 0 Å². The summed E-state index contributed by atoms with van der Waals surface area (Å²) in [7, 11) is 2.03. The van der Waals surface area contributed by atoms with E-state index in [-0.39, 0.29) is 0 Å². The molecule has 0 atom stereocenters. The summed E-state index contributed by atoms with van der Waals surface area (Å²) in [5, 5.41) is 4.55. The fourth-order valence-corrected chi connectivity index (χ4v) is 2.19. The molecule has 1 aliphatic rings. The Bertz CT molecular complexity index is 263. The summed E-state index contributed by atoms with van der Waals surface area (Å²) in [5.41, 5.74) is 2.60. The Morgan fingerprint density at radius 3 is 2.54 bits per heavy atom. The fraction of sp³-hybridized carbons (Fsp3) is 0.727. The van der Waals surface area contributed by atoms with Gasteiger partial charge < -0.3 is 0 Å². The number of aryl methyl sites for hydroxylation is 2. The van der Waals surface area contributed by atoms with Crippen LogP contribution in [0.4, 0.5) is 0 Å². The van der Waals surface area contributed by atoms with Gasteiger partial charge in [-0.1, -0.05) is 19.3 Å². The lowest BCUT2D eigenvalue weighted by Crippen LogP contribution is -2.05. The van der Waals surface area contributed by atoms with Crippen LogP contribution in [0.15, 0.2) is 6.07 Å². The van der Waals surface area contributed by atoms with Crippen LogP contribution in [0.3, 0.4) is 0 Å². The van der Waals surface area contributed by atoms with Crippen molar-refractivity contribution in [1.29, 1.82) is 0 Å². The van der Waals surface area contributed by atoms with E-state index in [1.54, 1.807) is 0 Å². The Morgan fingerprint density at radius 2 is 2.00 bits per heavy atom. The summed E-state index contributed by atoms with van der Waals surface area (Å²) in [6.45, 7) is 2.12. The molecule has 0 radical (unpaired) electrons. The average molecular weight is 178 g/mol. The Hall–Kier alpha value is -0.790. The molecule has 13 heavy (non-hydrogen) atoms. The van der Waals surface area contributed by atoms with Crippen LogP contribution >= 0.6 is 0 Å². The molecule has 0 spiro atoms. The maximum Gasteiger partial charge on any atom is 0.0658 e. The lowest BCUT2D eigenvalue weighted by molar-refractivity contribution is 0.433. The van der Waals surface area contributed by atoms with Gasteiger partial charge in [-0.15, -0.1) is 0 Å². The Balaban J connectivity index is 2.14. The van der Waals surface area contributed by atoms with Crippen molar-refractivity contribution >= 4 is 0 Å². The molecule has 0 N–H and O–H groups in total. The smallest absolute Gasteiger partial charge is 0.0658 e. The largest absolute Gasteiger partial charge is 0.273 e. The molecule has 1 fully saturated rings. The molecule has 72 valence electrons. The Kier molecular flexibility index (Phi) is 2.38. The summed E-state index contributed by atoms with van der Waals surface area (Å²) >= 11 is 0. The van der Waals surface area contributed by atoms with Crippen LogP contribution in [0.5, 0.6) is 0 Å². The quantitative estimate of drug-likeness (QED) is 0.646. The van der Waals surface area contributed by atoms with E-state index in [4.69, 9.17) is 0 Å². The second-order valence-electron chi connectivity index (χ2n) is 4.17. The predicted octanol–water partition coefficient (Wildman–Crippen LogP) is 2.78. The lowest BCUT2D eigenvalue weighted by Gasteiger charge is -2.19. The highest BCUT2D eigenvalue weighted by atomic mass is 15.3. The van der Waals surface area contributed by atoms with E-state index >= 15 is 0 Å². The summed E-state index contributed by atoms with van der Waals surface area (Å²) in [5.74, 6) is 0.744. The molecule has 0 saturated heterocycles. The maximum absolute atomic E-state index is 4.55. The maximum atomic E-state index is 4.55. The molecular formula is C11H18N2. The van der Waals surface area contributed by atoms with E-state index in [9.17, 15) is 0 Å². The van der Waals surface area contributed by atoms with Crippen molar-refractivity contribution in [3.05, 3.63) is 17.5 Å². The molecule has 1 aromatic rings. The van der Waals surface area contributed by atoms with Crippen LogP contribution in [0.2, 0.25) is 0 Å². The van der Waals surface area contributed by atoms with Crippen LogP contribution in [0.1, 0.15) is 49.4 Å². The SMILES string of the molecule is Cc1cc(C2CCCCC2)nn1C. The summed E-state index contributed by atoms with van der Waals surface area (Å²) in [4.78, 5) is 0. The van der Waals surface area contributed by atoms with Crippen LogP contribution in [-0.4, -0.2) is 9.78 Å². The van der Waals surface area contributed by atoms with Crippen molar-refractivity contribution in [1.82, 2.24) is 9.78 Å². The summed E-state index contributed by atoms with van der Waals surface area (Å²) < 4.78 is 1.99. The molecule has 2 nitrogen and oxygen atoms in total. The van der Waals surface area contributed by atoms with Crippen molar-refractivity contribution < 1.29 is 0 Å². The molecule has 0 unspecified atom stereocenters. The molecule has 0 aliphatic heterocycles. The van der Waals surface area contributed by atoms with Gasteiger partial charge in [0.25, 0.3) is 0 Å². The molecule has 2 heteroatoms. The molecule has 1 aliphatic carbocycles. The minimum absolute atomic E-state index is 0.744. The highest BCUT2D eigenvalue weighted by Gasteiger charge is 2.18. The lowest BCUT2D eigenvalue weighted by atomic mass is 9.87. The van der Waals surface area contributed by atoms with E-state index in [0.717, 1.165) is 5.92 Å². The van der Waals surface area contributed by atoms with Gasteiger partial charge in [-0.25, -0.2) is 0 Å². The van der Waals surface area contributed by atoms with Gasteiger partial charge in [-0.3, -0.25) is 4.68 Å². The second-order valence-corrected chi connectivity index (χ2v) is 4.17. The zero-order valence-corrected chi connectivity index (χ0v) is 8.58. The zero-order chi connectivity index (χ0) is 9.26. The minimum atomic E-state index is 0.744. The summed E-state index contributed by atoms with van der Waals surface area (Å²) in [6, 6.07) is 2.25. The minimum Gasteiger partial charge on any atom is -0.273 e. The molecule has 1 saturated carbocycles. The number of rotatable bonds is 1. The molecule has 1 aromatic heterocycles. The van der Waals surface area contributed by atoms with Crippen LogP contribution < -0.4 is 0 Å². The van der Waals surface area contributed by atoms with Gasteiger partial charge in [0.1, 0.15) is 0 Å². The fourth-order valence-electron chi connectivity index (χ4n) is 2.19. The van der Waals surface area contributed by atoms with Crippen LogP contribution in [0.25, 0.3) is 0 Å². The van der Waals surface area contributed by atoms with Crippen molar-refractivity contribution in [3.63, 3.8) is 0 Å². The van der Waals surface area contributed by atoms with E-state index in [0.29, 0.717) is 0 Å². The van der Waals surface area contributed by atoms with Gasteiger partial charge in [0, 0.05) is 18.7 Å². The second kappa shape index (κ2) is 3.52.